The largest absolute Gasteiger partial charge is 0.418 e. The van der Waals surface area contributed by atoms with Gasteiger partial charge in [-0.2, -0.15) is 13.2 Å². The summed E-state index contributed by atoms with van der Waals surface area (Å²) >= 11 is 0. The van der Waals surface area contributed by atoms with Crippen LogP contribution >= 0.6 is 0 Å². The van der Waals surface area contributed by atoms with Gasteiger partial charge in [0.05, 0.1) is 17.8 Å². The van der Waals surface area contributed by atoms with Crippen molar-refractivity contribution in [3.05, 3.63) is 59.2 Å². The number of para-hydroxylation sites is 1. The summed E-state index contributed by atoms with van der Waals surface area (Å²) in [5.74, 6) is -1.79. The molecule has 0 aromatic heterocycles. The number of anilines is 2. The van der Waals surface area contributed by atoms with Crippen LogP contribution in [0.25, 0.3) is 0 Å². The molecular weight excluding hydrogens is 319 g/mol. The minimum atomic E-state index is -4.83. The van der Waals surface area contributed by atoms with E-state index < -0.39 is 35.1 Å². The van der Waals surface area contributed by atoms with Gasteiger partial charge in [-0.05, 0) is 35.9 Å². The van der Waals surface area contributed by atoms with Crippen LogP contribution in [-0.2, 0) is 12.7 Å². The van der Waals surface area contributed by atoms with Crippen LogP contribution in [0.5, 0.6) is 0 Å². The molecule has 2 aromatic carbocycles. The number of fused-ring (bicyclic) bond motifs is 1. The Bertz CT molecular complexity index is 788. The van der Waals surface area contributed by atoms with Crippen molar-refractivity contribution >= 4 is 17.4 Å². The third-order valence-corrected chi connectivity index (χ3v) is 3.44. The summed E-state index contributed by atoms with van der Waals surface area (Å²) < 4.78 is 66.5. The van der Waals surface area contributed by atoms with Crippen LogP contribution in [-0.4, -0.2) is 6.03 Å². The highest BCUT2D eigenvalue weighted by Gasteiger charge is 2.39. The minimum Gasteiger partial charge on any atom is -0.307 e. The normalized spacial score (nSPS) is 14.5. The first-order chi connectivity index (χ1) is 10.8. The Morgan fingerprint density at radius 3 is 2.52 bits per heavy atom. The second-order valence-electron chi connectivity index (χ2n) is 4.95. The first-order valence-corrected chi connectivity index (χ1v) is 6.50. The first kappa shape index (κ1) is 15.3. The number of hydrogen-bond donors (Lipinski definition) is 1. The summed E-state index contributed by atoms with van der Waals surface area (Å²) in [6, 6.07) is 5.00. The molecule has 1 aliphatic heterocycles. The number of alkyl halides is 3. The highest BCUT2D eigenvalue weighted by Crippen LogP contribution is 2.40. The van der Waals surface area contributed by atoms with Gasteiger partial charge in [0.1, 0.15) is 11.6 Å². The predicted octanol–water partition coefficient (Wildman–Crippen LogP) is 4.54. The smallest absolute Gasteiger partial charge is 0.307 e. The van der Waals surface area contributed by atoms with Crippen molar-refractivity contribution in [3.63, 3.8) is 0 Å². The molecule has 0 unspecified atom stereocenters. The number of urea groups is 1. The van der Waals surface area contributed by atoms with Gasteiger partial charge in [-0.1, -0.05) is 6.07 Å². The number of nitrogens with one attached hydrogen (secondary N) is 1. The standard InChI is InChI=1S/C15H9F5N2O/c16-9-4-5-12-8(6-9)7-22(14(23)21-12)13-10(15(18,19)20)2-1-3-11(13)17/h1-6H,7H2,(H,21,23). The lowest BCUT2D eigenvalue weighted by atomic mass is 10.1. The van der Waals surface area contributed by atoms with Crippen molar-refractivity contribution in [1.82, 2.24) is 0 Å². The molecule has 1 aliphatic rings. The predicted molar refractivity (Wildman–Crippen MR) is 73.0 cm³/mol. The zero-order valence-electron chi connectivity index (χ0n) is 11.4. The molecule has 3 nitrogen and oxygen atoms in total. The number of hydrogen-bond acceptors (Lipinski definition) is 1. The maximum absolute atomic E-state index is 14.0. The van der Waals surface area contributed by atoms with E-state index in [9.17, 15) is 26.7 Å². The van der Waals surface area contributed by atoms with Gasteiger partial charge < -0.3 is 5.32 Å². The van der Waals surface area contributed by atoms with Crippen molar-refractivity contribution in [3.8, 4) is 0 Å². The molecule has 2 amide bonds. The molecule has 120 valence electrons. The van der Waals surface area contributed by atoms with Crippen molar-refractivity contribution in [1.29, 1.82) is 0 Å². The van der Waals surface area contributed by atoms with Crippen LogP contribution in [0, 0.1) is 11.6 Å². The second-order valence-corrected chi connectivity index (χ2v) is 4.95. The lowest BCUT2D eigenvalue weighted by molar-refractivity contribution is -0.137. The summed E-state index contributed by atoms with van der Waals surface area (Å²) in [6.45, 7) is -0.372. The van der Waals surface area contributed by atoms with E-state index in [1.54, 1.807) is 0 Å². The highest BCUT2D eigenvalue weighted by molar-refractivity contribution is 6.04. The Balaban J connectivity index is 2.11. The van der Waals surface area contributed by atoms with Gasteiger partial charge in [0.2, 0.25) is 0 Å². The fourth-order valence-electron chi connectivity index (χ4n) is 2.44. The fourth-order valence-corrected chi connectivity index (χ4v) is 2.44. The van der Waals surface area contributed by atoms with Gasteiger partial charge in [0, 0.05) is 5.69 Å². The monoisotopic (exact) mass is 328 g/mol. The van der Waals surface area contributed by atoms with Crippen molar-refractivity contribution in [2.45, 2.75) is 12.7 Å². The van der Waals surface area contributed by atoms with Gasteiger partial charge in [-0.15, -0.1) is 0 Å². The first-order valence-electron chi connectivity index (χ1n) is 6.50. The molecule has 0 atom stereocenters. The fraction of sp³-hybridized carbons (Fsp3) is 0.133. The van der Waals surface area contributed by atoms with Gasteiger partial charge >= 0.3 is 12.2 Å². The molecule has 2 aromatic rings. The number of carbonyl (C=O) groups is 1. The van der Waals surface area contributed by atoms with Crippen molar-refractivity contribution in [2.75, 3.05) is 10.2 Å². The number of carbonyl (C=O) groups excluding carboxylic acids is 1. The van der Waals surface area contributed by atoms with Crippen LogP contribution in [0.1, 0.15) is 11.1 Å². The lowest BCUT2D eigenvalue weighted by Gasteiger charge is -2.31. The molecule has 0 saturated heterocycles. The van der Waals surface area contributed by atoms with Crippen LogP contribution in [0.3, 0.4) is 0 Å². The molecular formula is C15H9F5N2O. The van der Waals surface area contributed by atoms with Crippen LogP contribution in [0.15, 0.2) is 36.4 Å². The summed E-state index contributed by atoms with van der Waals surface area (Å²) in [7, 11) is 0. The summed E-state index contributed by atoms with van der Waals surface area (Å²) in [4.78, 5) is 12.7. The maximum Gasteiger partial charge on any atom is 0.418 e. The molecule has 0 bridgehead atoms. The number of nitrogens with zero attached hydrogens (tertiary/aromatic N) is 1. The number of rotatable bonds is 1. The molecule has 1 heterocycles. The van der Waals surface area contributed by atoms with Gasteiger partial charge in [-0.25, -0.2) is 13.6 Å². The highest BCUT2D eigenvalue weighted by atomic mass is 19.4. The van der Waals surface area contributed by atoms with E-state index in [2.05, 4.69) is 5.32 Å². The minimum absolute atomic E-state index is 0.251. The Labute approximate surface area is 127 Å². The van der Waals surface area contributed by atoms with Gasteiger partial charge in [0.15, 0.2) is 0 Å². The zero-order valence-corrected chi connectivity index (χ0v) is 11.4. The topological polar surface area (TPSA) is 32.3 Å². The van der Waals surface area contributed by atoms with E-state index in [0.29, 0.717) is 11.0 Å². The number of benzene rings is 2. The summed E-state index contributed by atoms with van der Waals surface area (Å²) in [5, 5.41) is 2.33. The Hall–Kier alpha value is -2.64. The maximum atomic E-state index is 14.0. The quantitative estimate of drug-likeness (QED) is 0.766. The molecule has 0 saturated carbocycles. The molecule has 3 rings (SSSR count). The Morgan fingerprint density at radius 1 is 1.09 bits per heavy atom. The lowest BCUT2D eigenvalue weighted by Crippen LogP contribution is -2.40. The summed E-state index contributed by atoms with van der Waals surface area (Å²) in [6.07, 6.45) is -4.83. The van der Waals surface area contributed by atoms with E-state index in [-0.39, 0.29) is 17.8 Å². The molecule has 23 heavy (non-hydrogen) atoms. The molecule has 0 aliphatic carbocycles. The molecule has 8 heteroatoms. The third kappa shape index (κ3) is 2.71. The Kier molecular flexibility index (Phi) is 3.46. The molecule has 0 spiro atoms. The molecule has 0 fully saturated rings. The van der Waals surface area contributed by atoms with E-state index in [1.165, 1.54) is 6.07 Å². The molecule has 1 N–H and O–H groups in total. The van der Waals surface area contributed by atoms with Crippen LogP contribution in [0.4, 0.5) is 38.1 Å². The zero-order chi connectivity index (χ0) is 16.8. The SMILES string of the molecule is O=C1Nc2ccc(F)cc2CN1c1c(F)cccc1C(F)(F)F. The van der Waals surface area contributed by atoms with Crippen LogP contribution < -0.4 is 10.2 Å². The van der Waals surface area contributed by atoms with Crippen LogP contribution in [0.2, 0.25) is 0 Å². The van der Waals surface area contributed by atoms with E-state index >= 15 is 0 Å². The van der Waals surface area contributed by atoms with Gasteiger partial charge in [0.25, 0.3) is 0 Å². The van der Waals surface area contributed by atoms with E-state index in [4.69, 9.17) is 0 Å². The number of halogens is 5. The van der Waals surface area contributed by atoms with E-state index in [0.717, 1.165) is 24.3 Å². The average molecular weight is 328 g/mol. The second kappa shape index (κ2) is 5.22. The Morgan fingerprint density at radius 2 is 1.83 bits per heavy atom. The average Bonchev–Trinajstić information content (AvgIpc) is 2.46. The summed E-state index contributed by atoms with van der Waals surface area (Å²) in [5.41, 5.74) is -1.63. The third-order valence-electron chi connectivity index (χ3n) is 3.44. The van der Waals surface area contributed by atoms with Crippen molar-refractivity contribution < 1.29 is 26.7 Å². The van der Waals surface area contributed by atoms with Crippen molar-refractivity contribution in [2.24, 2.45) is 0 Å². The van der Waals surface area contributed by atoms with Gasteiger partial charge in [-0.3, -0.25) is 4.90 Å². The van der Waals surface area contributed by atoms with E-state index in [1.807, 2.05) is 0 Å². The number of amides is 2. The molecule has 0 radical (unpaired) electrons.